The van der Waals surface area contributed by atoms with Crippen molar-refractivity contribution in [1.82, 2.24) is 19.8 Å². The van der Waals surface area contributed by atoms with Crippen LogP contribution >= 0.6 is 0 Å². The molecule has 3 aliphatic rings. The number of amides is 2. The number of carbonyl (C=O) groups excluding carboxylic acids is 2. The lowest BCUT2D eigenvalue weighted by atomic mass is 9.78. The van der Waals surface area contributed by atoms with Gasteiger partial charge in [-0.1, -0.05) is 30.3 Å². The van der Waals surface area contributed by atoms with Crippen LogP contribution < -0.4 is 10.6 Å². The van der Waals surface area contributed by atoms with Gasteiger partial charge in [-0.05, 0) is 81.5 Å². The summed E-state index contributed by atoms with van der Waals surface area (Å²) in [6.45, 7) is 3.77. The number of carbonyl (C=O) groups is 2. The van der Waals surface area contributed by atoms with Crippen LogP contribution in [-0.4, -0.2) is 44.4 Å². The molecule has 6 rings (SSSR count). The van der Waals surface area contributed by atoms with Gasteiger partial charge >= 0.3 is 0 Å². The summed E-state index contributed by atoms with van der Waals surface area (Å²) in [6, 6.07) is 11.5. The fraction of sp³-hybridized carbons (Fsp3) is 0.452. The molecule has 9 heteroatoms. The van der Waals surface area contributed by atoms with Crippen LogP contribution in [0.1, 0.15) is 68.7 Å². The van der Waals surface area contributed by atoms with Crippen LogP contribution in [0.15, 0.2) is 55.0 Å². The molecule has 1 unspecified atom stereocenters. The Morgan fingerprint density at radius 3 is 2.55 bits per heavy atom. The fourth-order valence-corrected chi connectivity index (χ4v) is 6.59. The SMILES string of the molecule is CC(C)(C(=O)N1[C@@H]2CCC[C@H]1C2)n1cnc(NC(=O)[C@@H](NC2CCc3cc(F)cc(F)c3C2)c2ccccc2)c1. The zero-order valence-corrected chi connectivity index (χ0v) is 22.9. The molecule has 40 heavy (non-hydrogen) atoms. The summed E-state index contributed by atoms with van der Waals surface area (Å²) in [7, 11) is 0. The van der Waals surface area contributed by atoms with Crippen molar-refractivity contribution in [2.75, 3.05) is 5.32 Å². The van der Waals surface area contributed by atoms with Crippen molar-refractivity contribution in [3.05, 3.63) is 83.3 Å². The number of fused-ring (bicyclic) bond motifs is 3. The summed E-state index contributed by atoms with van der Waals surface area (Å²) < 4.78 is 30.0. The number of halogens is 2. The molecule has 4 atom stereocenters. The molecule has 2 N–H and O–H groups in total. The highest BCUT2D eigenvalue weighted by Crippen LogP contribution is 2.40. The van der Waals surface area contributed by atoms with E-state index in [0.717, 1.165) is 30.9 Å². The fourth-order valence-electron chi connectivity index (χ4n) is 6.59. The third kappa shape index (κ3) is 4.91. The lowest BCUT2D eigenvalue weighted by Crippen LogP contribution is -2.65. The number of hydrogen-bond donors (Lipinski definition) is 2. The number of anilines is 1. The summed E-state index contributed by atoms with van der Waals surface area (Å²) in [5, 5.41) is 6.33. The van der Waals surface area contributed by atoms with Gasteiger partial charge in [0.15, 0.2) is 5.82 Å². The number of aromatic nitrogens is 2. The van der Waals surface area contributed by atoms with Crippen LogP contribution in [-0.2, 0) is 28.0 Å². The van der Waals surface area contributed by atoms with Crippen molar-refractivity contribution >= 4 is 17.6 Å². The predicted molar refractivity (Wildman–Crippen MR) is 148 cm³/mol. The number of benzene rings is 2. The van der Waals surface area contributed by atoms with Gasteiger partial charge in [0.2, 0.25) is 11.8 Å². The van der Waals surface area contributed by atoms with Crippen LogP contribution in [0.25, 0.3) is 0 Å². The molecule has 2 saturated heterocycles. The molecule has 1 aromatic heterocycles. The first-order valence-electron chi connectivity index (χ1n) is 14.2. The molecular formula is C31H35F2N5O2. The minimum absolute atomic E-state index is 0.0808. The van der Waals surface area contributed by atoms with Gasteiger partial charge in [0.05, 0.1) is 6.33 Å². The first-order chi connectivity index (χ1) is 19.2. The molecule has 2 aliphatic heterocycles. The summed E-state index contributed by atoms with van der Waals surface area (Å²) in [5.74, 6) is -0.985. The van der Waals surface area contributed by atoms with Crippen molar-refractivity contribution in [2.24, 2.45) is 0 Å². The second-order valence-corrected chi connectivity index (χ2v) is 11.9. The van der Waals surface area contributed by atoms with Gasteiger partial charge in [-0.15, -0.1) is 0 Å². The van der Waals surface area contributed by atoms with E-state index in [0.29, 0.717) is 48.3 Å². The minimum atomic E-state index is -0.833. The number of nitrogens with one attached hydrogen (secondary N) is 2. The maximum absolute atomic E-state index is 14.5. The third-order valence-electron chi connectivity index (χ3n) is 8.91. The highest BCUT2D eigenvalue weighted by Gasteiger charge is 2.48. The lowest BCUT2D eigenvalue weighted by molar-refractivity contribution is -0.157. The van der Waals surface area contributed by atoms with E-state index in [4.69, 9.17) is 0 Å². The van der Waals surface area contributed by atoms with Crippen molar-refractivity contribution < 1.29 is 18.4 Å². The first kappa shape index (κ1) is 26.6. The Morgan fingerprint density at radius 2 is 1.82 bits per heavy atom. The van der Waals surface area contributed by atoms with Gasteiger partial charge in [0, 0.05) is 30.4 Å². The van der Waals surface area contributed by atoms with Crippen LogP contribution in [0.4, 0.5) is 14.6 Å². The van der Waals surface area contributed by atoms with Gasteiger partial charge < -0.3 is 14.8 Å². The van der Waals surface area contributed by atoms with Gasteiger partial charge in [0.1, 0.15) is 23.2 Å². The Balaban J connectivity index is 1.17. The lowest BCUT2D eigenvalue weighted by Gasteiger charge is -2.55. The Morgan fingerprint density at radius 1 is 1.07 bits per heavy atom. The van der Waals surface area contributed by atoms with Crippen LogP contribution in [0.2, 0.25) is 0 Å². The maximum atomic E-state index is 14.5. The summed E-state index contributed by atoms with van der Waals surface area (Å²) in [5.41, 5.74) is 1.11. The molecule has 0 saturated carbocycles. The number of piperidine rings is 1. The average Bonchev–Trinajstić information content (AvgIpc) is 3.42. The molecule has 1 aliphatic carbocycles. The van der Waals surface area contributed by atoms with Crippen molar-refractivity contribution in [3.63, 3.8) is 0 Å². The van der Waals surface area contributed by atoms with Crippen molar-refractivity contribution in [1.29, 1.82) is 0 Å². The average molecular weight is 548 g/mol. The quantitative estimate of drug-likeness (QED) is 0.442. The Hall–Kier alpha value is -3.59. The second-order valence-electron chi connectivity index (χ2n) is 11.9. The molecule has 2 fully saturated rings. The van der Waals surface area contributed by atoms with E-state index in [2.05, 4.69) is 15.6 Å². The second kappa shape index (κ2) is 10.4. The van der Waals surface area contributed by atoms with E-state index in [9.17, 15) is 18.4 Å². The number of imidazole rings is 1. The Bertz CT molecular complexity index is 1410. The number of hydrogen-bond acceptors (Lipinski definition) is 4. The smallest absolute Gasteiger partial charge is 0.248 e. The van der Waals surface area contributed by atoms with Crippen LogP contribution in [0.5, 0.6) is 0 Å². The largest absolute Gasteiger partial charge is 0.335 e. The monoisotopic (exact) mass is 547 g/mol. The number of nitrogens with zero attached hydrogens (tertiary/aromatic N) is 3. The molecule has 2 amide bonds. The first-order valence-corrected chi connectivity index (χ1v) is 14.2. The predicted octanol–water partition coefficient (Wildman–Crippen LogP) is 4.88. The standard InChI is InChI=1S/C31H35F2N5O2/c1-31(2,30(40)38-23-9-6-10-24(38)16-23)37-17-27(34-18-37)36-29(39)28(19-7-4-3-5-8-19)35-22-12-11-20-13-21(32)14-26(33)25(20)15-22/h3-5,7-8,13-14,17-18,22-24,28,35H,6,9-12,15-16H2,1-2H3,(H,36,39)/t22?,23-,24+,28-/m0/s1. The van der Waals surface area contributed by atoms with E-state index in [1.807, 2.05) is 49.1 Å². The molecule has 210 valence electrons. The highest BCUT2D eigenvalue weighted by molar-refractivity contribution is 5.95. The topological polar surface area (TPSA) is 79.3 Å². The molecule has 0 spiro atoms. The molecule has 2 aromatic carbocycles. The van der Waals surface area contributed by atoms with Gasteiger partial charge in [-0.3, -0.25) is 14.9 Å². The Labute approximate surface area is 233 Å². The van der Waals surface area contributed by atoms with Gasteiger partial charge in [-0.25, -0.2) is 13.8 Å². The Kier molecular flexibility index (Phi) is 6.94. The summed E-state index contributed by atoms with van der Waals surface area (Å²) >= 11 is 0. The third-order valence-corrected chi connectivity index (χ3v) is 8.91. The highest BCUT2D eigenvalue weighted by atomic mass is 19.1. The molecule has 2 bridgehead atoms. The van der Waals surface area contributed by atoms with E-state index in [-0.39, 0.29) is 17.9 Å². The van der Waals surface area contributed by atoms with E-state index >= 15 is 0 Å². The molecule has 3 heterocycles. The van der Waals surface area contributed by atoms with E-state index < -0.39 is 23.2 Å². The van der Waals surface area contributed by atoms with Gasteiger partial charge in [0.25, 0.3) is 0 Å². The van der Waals surface area contributed by atoms with Crippen molar-refractivity contribution in [2.45, 2.75) is 88.5 Å². The molecular weight excluding hydrogens is 512 g/mol. The van der Waals surface area contributed by atoms with Crippen molar-refractivity contribution in [3.8, 4) is 0 Å². The van der Waals surface area contributed by atoms with E-state index in [1.165, 1.54) is 12.5 Å². The van der Waals surface area contributed by atoms with Crippen LogP contribution in [0, 0.1) is 11.6 Å². The zero-order chi connectivity index (χ0) is 28.0. The number of aryl methyl sites for hydroxylation is 1. The summed E-state index contributed by atoms with van der Waals surface area (Å²) in [6.07, 6.45) is 9.23. The maximum Gasteiger partial charge on any atom is 0.248 e. The van der Waals surface area contributed by atoms with Gasteiger partial charge in [-0.2, -0.15) is 0 Å². The van der Waals surface area contributed by atoms with Crippen LogP contribution in [0.3, 0.4) is 0 Å². The summed E-state index contributed by atoms with van der Waals surface area (Å²) in [4.78, 5) is 33.5. The van der Waals surface area contributed by atoms with E-state index in [1.54, 1.807) is 17.1 Å². The number of rotatable bonds is 7. The normalized spacial score (nSPS) is 22.7. The zero-order valence-electron chi connectivity index (χ0n) is 22.9. The minimum Gasteiger partial charge on any atom is -0.335 e. The molecule has 3 aromatic rings. The molecule has 7 nitrogen and oxygen atoms in total. The molecule has 0 radical (unpaired) electrons.